The number of benzene rings is 2. The van der Waals surface area contributed by atoms with Crippen LogP contribution in [0.3, 0.4) is 0 Å². The Hall–Kier alpha value is -4.80. The maximum Gasteiger partial charge on any atom is 0.349 e. The molecule has 0 aliphatic rings. The average molecular weight is 497 g/mol. The van der Waals surface area contributed by atoms with Gasteiger partial charge in [0, 0.05) is 0 Å². The summed E-state index contributed by atoms with van der Waals surface area (Å²) in [5.74, 6) is -3.80. The summed E-state index contributed by atoms with van der Waals surface area (Å²) >= 11 is 0. The molecule has 0 radical (unpaired) electrons. The molecule has 11 nitrogen and oxygen atoms in total. The van der Waals surface area contributed by atoms with Crippen LogP contribution in [0.5, 0.6) is 11.5 Å². The molecule has 2 N–H and O–H groups in total. The lowest BCUT2D eigenvalue weighted by Gasteiger charge is -2.23. The molecule has 0 unspecified atom stereocenters. The van der Waals surface area contributed by atoms with Crippen molar-refractivity contribution in [2.24, 2.45) is 0 Å². The second-order valence-electron chi connectivity index (χ2n) is 7.25. The van der Waals surface area contributed by atoms with Crippen LogP contribution in [0.1, 0.15) is 26.5 Å². The minimum absolute atomic E-state index is 0.0126. The molecule has 36 heavy (non-hydrogen) atoms. The zero-order chi connectivity index (χ0) is 26.1. The molecule has 1 heterocycles. The molecule has 2 atom stereocenters. The van der Waals surface area contributed by atoms with Crippen molar-refractivity contribution in [1.82, 2.24) is 5.32 Å². The number of carbonyl (C=O) groups is 4. The lowest BCUT2D eigenvalue weighted by atomic mass is 10.1. The Kier molecular flexibility index (Phi) is 8.65. The highest BCUT2D eigenvalue weighted by Crippen LogP contribution is 2.18. The molecule has 0 bridgehead atoms. The number of hydrogen-bond acceptors (Lipinski definition) is 9. The standard InChI is InChI=1S/C25H23NO10/c1-32-17-8-3-6-15(12-17)24(30)35-20(22(27)26-14-19-10-5-11-34-19)21(23(28)29)36-25(31)16-7-4-9-18(13-16)33-2/h3-13,20-21H,14H2,1-2H3,(H,26,27)(H,28,29)/t20-,21-/m1/s1. The van der Waals surface area contributed by atoms with Gasteiger partial charge in [-0.05, 0) is 48.5 Å². The van der Waals surface area contributed by atoms with Crippen LogP contribution in [0, 0.1) is 0 Å². The van der Waals surface area contributed by atoms with Crippen molar-refractivity contribution in [2.75, 3.05) is 14.2 Å². The Bertz CT molecular complexity index is 1220. The number of esters is 2. The summed E-state index contributed by atoms with van der Waals surface area (Å²) in [5, 5.41) is 12.2. The predicted molar refractivity (Wildman–Crippen MR) is 123 cm³/mol. The van der Waals surface area contributed by atoms with Crippen LogP contribution in [0.15, 0.2) is 71.3 Å². The van der Waals surface area contributed by atoms with E-state index in [2.05, 4.69) is 5.32 Å². The van der Waals surface area contributed by atoms with E-state index in [9.17, 15) is 24.3 Å². The Morgan fingerprint density at radius 1 is 0.833 bits per heavy atom. The lowest BCUT2D eigenvalue weighted by molar-refractivity contribution is -0.159. The number of methoxy groups -OCH3 is 2. The van der Waals surface area contributed by atoms with E-state index in [1.807, 2.05) is 0 Å². The molecular weight excluding hydrogens is 474 g/mol. The molecule has 11 heteroatoms. The quantitative estimate of drug-likeness (QED) is 0.378. The molecule has 3 aromatic rings. The van der Waals surface area contributed by atoms with Gasteiger partial charge in [0.05, 0.1) is 38.2 Å². The molecule has 3 rings (SSSR count). The molecule has 0 aliphatic carbocycles. The number of ether oxygens (including phenoxy) is 4. The van der Waals surface area contributed by atoms with E-state index in [4.69, 9.17) is 23.4 Å². The molecule has 0 saturated heterocycles. The highest BCUT2D eigenvalue weighted by atomic mass is 16.6. The van der Waals surface area contributed by atoms with Crippen LogP contribution in [0.25, 0.3) is 0 Å². The van der Waals surface area contributed by atoms with E-state index >= 15 is 0 Å². The van der Waals surface area contributed by atoms with Crippen molar-refractivity contribution in [1.29, 1.82) is 0 Å². The summed E-state index contributed by atoms with van der Waals surface area (Å²) in [6.45, 7) is -0.130. The van der Waals surface area contributed by atoms with Gasteiger partial charge in [-0.2, -0.15) is 0 Å². The van der Waals surface area contributed by atoms with Crippen molar-refractivity contribution in [3.63, 3.8) is 0 Å². The van der Waals surface area contributed by atoms with Gasteiger partial charge in [-0.3, -0.25) is 4.79 Å². The first kappa shape index (κ1) is 25.8. The first-order valence-corrected chi connectivity index (χ1v) is 10.6. The summed E-state index contributed by atoms with van der Waals surface area (Å²) in [6, 6.07) is 14.8. The first-order chi connectivity index (χ1) is 17.3. The summed E-state index contributed by atoms with van der Waals surface area (Å²) in [5.41, 5.74) is -0.0455. The van der Waals surface area contributed by atoms with Crippen molar-refractivity contribution >= 4 is 23.8 Å². The molecule has 2 aromatic carbocycles. The minimum atomic E-state index is -2.17. The predicted octanol–water partition coefficient (Wildman–Crippen LogP) is 2.45. The van der Waals surface area contributed by atoms with Gasteiger partial charge in [-0.15, -0.1) is 0 Å². The van der Waals surface area contributed by atoms with Crippen LogP contribution in [0.2, 0.25) is 0 Å². The summed E-state index contributed by atoms with van der Waals surface area (Å²) in [4.78, 5) is 50.5. The topological polar surface area (TPSA) is 151 Å². The zero-order valence-electron chi connectivity index (χ0n) is 19.3. The van der Waals surface area contributed by atoms with Crippen molar-refractivity contribution in [3.05, 3.63) is 83.8 Å². The van der Waals surface area contributed by atoms with Gasteiger partial charge in [0.15, 0.2) is 0 Å². The smallest absolute Gasteiger partial charge is 0.349 e. The van der Waals surface area contributed by atoms with Crippen molar-refractivity contribution < 1.29 is 47.6 Å². The van der Waals surface area contributed by atoms with Gasteiger partial charge >= 0.3 is 17.9 Å². The highest BCUT2D eigenvalue weighted by molar-refractivity contribution is 5.97. The van der Waals surface area contributed by atoms with E-state index in [-0.39, 0.29) is 17.7 Å². The fourth-order valence-electron chi connectivity index (χ4n) is 3.05. The second kappa shape index (κ2) is 12.1. The first-order valence-electron chi connectivity index (χ1n) is 10.6. The third kappa shape index (κ3) is 6.63. The number of rotatable bonds is 11. The van der Waals surface area contributed by atoms with Crippen molar-refractivity contribution in [2.45, 2.75) is 18.8 Å². The molecule has 0 fully saturated rings. The van der Waals surface area contributed by atoms with E-state index in [0.717, 1.165) is 0 Å². The number of carbonyl (C=O) groups excluding carboxylic acids is 3. The monoisotopic (exact) mass is 497 g/mol. The maximum atomic E-state index is 13.0. The van der Waals surface area contributed by atoms with Crippen LogP contribution < -0.4 is 14.8 Å². The summed E-state index contributed by atoms with van der Waals surface area (Å²) in [6.07, 6.45) is -2.82. The number of nitrogens with one attached hydrogen (secondary N) is 1. The minimum Gasteiger partial charge on any atom is -0.497 e. The fraction of sp³-hybridized carbons (Fsp3) is 0.200. The zero-order valence-corrected chi connectivity index (χ0v) is 19.3. The third-order valence-corrected chi connectivity index (χ3v) is 4.87. The number of amides is 1. The van der Waals surface area contributed by atoms with Gasteiger partial charge < -0.3 is 33.8 Å². The SMILES string of the molecule is COc1cccc(C(=O)O[C@@H](C(=O)O)[C@@H](OC(=O)c2cccc(OC)c2)C(=O)NCc2ccco2)c1. The van der Waals surface area contributed by atoms with Crippen LogP contribution in [-0.2, 0) is 25.6 Å². The Balaban J connectivity index is 1.87. The van der Waals surface area contributed by atoms with Gasteiger partial charge in [0.25, 0.3) is 5.91 Å². The highest BCUT2D eigenvalue weighted by Gasteiger charge is 2.41. The van der Waals surface area contributed by atoms with Gasteiger partial charge in [0.2, 0.25) is 12.2 Å². The molecule has 1 amide bonds. The Morgan fingerprint density at radius 3 is 1.86 bits per heavy atom. The number of furan rings is 1. The van der Waals surface area contributed by atoms with Crippen LogP contribution in [-0.4, -0.2) is 55.3 Å². The van der Waals surface area contributed by atoms with Gasteiger partial charge in [-0.25, -0.2) is 14.4 Å². The van der Waals surface area contributed by atoms with Gasteiger partial charge in [0.1, 0.15) is 17.3 Å². The number of carboxylic acids is 1. The number of hydrogen-bond donors (Lipinski definition) is 2. The summed E-state index contributed by atoms with van der Waals surface area (Å²) in [7, 11) is 2.79. The Labute approximate surface area is 205 Å². The number of aliphatic carboxylic acids is 1. The van der Waals surface area contributed by atoms with E-state index in [1.165, 1.54) is 56.9 Å². The van der Waals surface area contributed by atoms with E-state index in [1.54, 1.807) is 24.3 Å². The molecule has 188 valence electrons. The molecule has 0 aliphatic heterocycles. The maximum absolute atomic E-state index is 13.0. The average Bonchev–Trinajstić information content (AvgIpc) is 3.42. The van der Waals surface area contributed by atoms with E-state index < -0.39 is 36.0 Å². The Morgan fingerprint density at radius 2 is 1.39 bits per heavy atom. The second-order valence-corrected chi connectivity index (χ2v) is 7.25. The molecule has 0 spiro atoms. The van der Waals surface area contributed by atoms with Crippen LogP contribution in [0.4, 0.5) is 0 Å². The fourth-order valence-corrected chi connectivity index (χ4v) is 3.05. The van der Waals surface area contributed by atoms with Crippen molar-refractivity contribution in [3.8, 4) is 11.5 Å². The third-order valence-electron chi connectivity index (χ3n) is 4.87. The number of carboxylic acid groups (broad SMARTS) is 1. The molecule has 0 saturated carbocycles. The van der Waals surface area contributed by atoms with E-state index in [0.29, 0.717) is 17.3 Å². The van der Waals surface area contributed by atoms with Gasteiger partial charge in [-0.1, -0.05) is 12.1 Å². The molecular formula is C25H23NO10. The molecule has 1 aromatic heterocycles. The normalized spacial score (nSPS) is 12.1. The lowest BCUT2D eigenvalue weighted by Crippen LogP contribution is -2.50. The van der Waals surface area contributed by atoms with Crippen LogP contribution >= 0.6 is 0 Å². The largest absolute Gasteiger partial charge is 0.497 e. The summed E-state index contributed by atoms with van der Waals surface area (Å²) < 4.78 is 25.6.